The van der Waals surface area contributed by atoms with Crippen molar-refractivity contribution in [3.8, 4) is 0 Å². The van der Waals surface area contributed by atoms with Crippen LogP contribution in [0.4, 0.5) is 11.4 Å². The van der Waals surface area contributed by atoms with Crippen LogP contribution in [0.5, 0.6) is 0 Å². The first kappa shape index (κ1) is 27.0. The molecule has 9 nitrogen and oxygen atoms in total. The maximum atomic E-state index is 13.5. The topological polar surface area (TPSA) is 136 Å². The van der Waals surface area contributed by atoms with Crippen LogP contribution < -0.4 is 15.4 Å². The van der Waals surface area contributed by atoms with Gasteiger partial charge in [0.2, 0.25) is 0 Å². The Morgan fingerprint density at radius 1 is 0.947 bits per heavy atom. The van der Waals surface area contributed by atoms with Crippen LogP contribution in [0.1, 0.15) is 29.3 Å². The average Bonchev–Trinajstić information content (AvgIpc) is 3.12. The highest BCUT2D eigenvalue weighted by atomic mass is 32.2. The summed E-state index contributed by atoms with van der Waals surface area (Å²) in [6.45, 7) is 4.05. The lowest BCUT2D eigenvalue weighted by Gasteiger charge is -2.16. The Labute approximate surface area is 224 Å². The Hall–Kier alpha value is -4.09. The number of benzene rings is 3. The van der Waals surface area contributed by atoms with Crippen LogP contribution >= 0.6 is 11.8 Å². The molecule has 1 heterocycles. The Morgan fingerprint density at radius 3 is 2.18 bits per heavy atom. The summed E-state index contributed by atoms with van der Waals surface area (Å²) in [5.41, 5.74) is 7.10. The predicted octanol–water partition coefficient (Wildman–Crippen LogP) is 4.00. The summed E-state index contributed by atoms with van der Waals surface area (Å²) in [6, 6.07) is 18.4. The number of nitrogens with two attached hydrogens (primary N) is 1. The molecule has 196 valence electrons. The second-order valence-corrected chi connectivity index (χ2v) is 11.2. The second kappa shape index (κ2) is 11.1. The average molecular weight is 552 g/mol. The van der Waals surface area contributed by atoms with Crippen LogP contribution in [0.25, 0.3) is 0 Å². The molecule has 0 unspecified atom stereocenters. The van der Waals surface area contributed by atoms with Gasteiger partial charge in [-0.05, 0) is 74.0 Å². The molecule has 3 aromatic rings. The standard InChI is InChI=1S/C27H25N3O6S2/c1-3-16-36-27(33)18-6-10-20(11-7-18)30-25(31)23(29-38(34,35)22-14-8-19(28)9-15-22)24(26(30)32)37-21-12-4-17(2)5-13-21/h4-15,29H,3,16,28H2,1-2H3. The van der Waals surface area contributed by atoms with Crippen molar-refractivity contribution in [3.63, 3.8) is 0 Å². The fourth-order valence-corrected chi connectivity index (χ4v) is 5.58. The van der Waals surface area contributed by atoms with Gasteiger partial charge in [0.05, 0.1) is 22.8 Å². The first-order valence-electron chi connectivity index (χ1n) is 11.6. The number of esters is 1. The molecule has 0 spiro atoms. The molecule has 38 heavy (non-hydrogen) atoms. The Bertz CT molecular complexity index is 1510. The smallest absolute Gasteiger partial charge is 0.338 e. The van der Waals surface area contributed by atoms with Crippen LogP contribution in [-0.2, 0) is 24.3 Å². The normalized spacial score (nSPS) is 13.7. The number of nitrogens with zero attached hydrogens (tertiary/aromatic N) is 1. The van der Waals surface area contributed by atoms with Crippen molar-refractivity contribution in [1.29, 1.82) is 0 Å². The van der Waals surface area contributed by atoms with Crippen LogP contribution in [0.15, 0.2) is 93.2 Å². The number of aryl methyl sites for hydroxylation is 1. The Kier molecular flexibility index (Phi) is 7.88. The number of nitrogens with one attached hydrogen (secondary N) is 1. The van der Waals surface area contributed by atoms with E-state index in [0.717, 1.165) is 22.2 Å². The molecule has 2 amide bonds. The second-order valence-electron chi connectivity index (χ2n) is 8.42. The summed E-state index contributed by atoms with van der Waals surface area (Å²) in [7, 11) is -4.22. The number of rotatable bonds is 9. The number of amides is 2. The highest BCUT2D eigenvalue weighted by molar-refractivity contribution is 8.04. The first-order valence-corrected chi connectivity index (χ1v) is 13.9. The van der Waals surface area contributed by atoms with E-state index in [4.69, 9.17) is 10.5 Å². The van der Waals surface area contributed by atoms with Crippen molar-refractivity contribution in [3.05, 3.63) is 94.5 Å². The maximum Gasteiger partial charge on any atom is 0.338 e. The van der Waals surface area contributed by atoms with Crippen molar-refractivity contribution >= 4 is 50.9 Å². The van der Waals surface area contributed by atoms with E-state index in [1.165, 1.54) is 48.5 Å². The summed E-state index contributed by atoms with van der Waals surface area (Å²) in [4.78, 5) is 40.5. The fourth-order valence-electron chi connectivity index (χ4n) is 3.52. The van der Waals surface area contributed by atoms with E-state index in [-0.39, 0.29) is 33.4 Å². The number of carbonyl (C=O) groups is 3. The number of imide groups is 1. The van der Waals surface area contributed by atoms with Crippen molar-refractivity contribution in [2.24, 2.45) is 0 Å². The largest absolute Gasteiger partial charge is 0.462 e. The third-order valence-electron chi connectivity index (χ3n) is 5.51. The molecular formula is C27H25N3O6S2. The molecular weight excluding hydrogens is 526 g/mol. The van der Waals surface area contributed by atoms with Gasteiger partial charge in [-0.25, -0.2) is 18.1 Å². The Balaban J connectivity index is 1.69. The number of sulfonamides is 1. The predicted molar refractivity (Wildman–Crippen MR) is 145 cm³/mol. The molecule has 0 bridgehead atoms. The quantitative estimate of drug-likeness (QED) is 0.231. The van der Waals surface area contributed by atoms with Crippen molar-refractivity contribution < 1.29 is 27.5 Å². The number of thioether (sulfide) groups is 1. The molecule has 3 N–H and O–H groups in total. The number of ether oxygens (including phenoxy) is 1. The van der Waals surface area contributed by atoms with E-state index in [0.29, 0.717) is 17.0 Å². The van der Waals surface area contributed by atoms with Crippen molar-refractivity contribution in [2.45, 2.75) is 30.1 Å². The number of hydrogen-bond donors (Lipinski definition) is 2. The number of carbonyl (C=O) groups excluding carboxylic acids is 3. The molecule has 0 aliphatic carbocycles. The molecule has 0 saturated heterocycles. The zero-order valence-corrected chi connectivity index (χ0v) is 22.3. The molecule has 0 radical (unpaired) electrons. The summed E-state index contributed by atoms with van der Waals surface area (Å²) in [5, 5.41) is 0. The minimum atomic E-state index is -4.22. The zero-order chi connectivity index (χ0) is 27.4. The summed E-state index contributed by atoms with van der Waals surface area (Å²) in [5.74, 6) is -2.06. The molecule has 0 fully saturated rings. The van der Waals surface area contributed by atoms with Crippen LogP contribution in [-0.4, -0.2) is 32.8 Å². The van der Waals surface area contributed by atoms with Gasteiger partial charge in [-0.1, -0.05) is 36.4 Å². The number of nitrogen functional groups attached to an aromatic ring is 1. The highest BCUT2D eigenvalue weighted by Gasteiger charge is 2.42. The lowest BCUT2D eigenvalue weighted by atomic mass is 10.2. The first-order chi connectivity index (χ1) is 18.1. The minimum absolute atomic E-state index is 0.0793. The van der Waals surface area contributed by atoms with E-state index in [1.807, 2.05) is 26.0 Å². The monoisotopic (exact) mass is 551 g/mol. The number of anilines is 2. The fraction of sp³-hybridized carbons (Fsp3) is 0.148. The molecule has 0 atom stereocenters. The van der Waals surface area contributed by atoms with E-state index in [9.17, 15) is 22.8 Å². The number of hydrogen-bond acceptors (Lipinski definition) is 8. The van der Waals surface area contributed by atoms with Gasteiger partial charge in [0.1, 0.15) is 10.6 Å². The lowest BCUT2D eigenvalue weighted by molar-refractivity contribution is -0.120. The molecule has 0 aromatic heterocycles. The molecule has 4 rings (SSSR count). The maximum absolute atomic E-state index is 13.5. The van der Waals surface area contributed by atoms with Gasteiger partial charge < -0.3 is 10.5 Å². The summed E-state index contributed by atoms with van der Waals surface area (Å²) in [6.07, 6.45) is 0.669. The minimum Gasteiger partial charge on any atom is -0.462 e. The lowest BCUT2D eigenvalue weighted by Crippen LogP contribution is -2.35. The van der Waals surface area contributed by atoms with E-state index < -0.39 is 27.8 Å². The van der Waals surface area contributed by atoms with Crippen molar-refractivity contribution in [2.75, 3.05) is 17.2 Å². The van der Waals surface area contributed by atoms with Gasteiger partial charge in [-0.15, -0.1) is 0 Å². The van der Waals surface area contributed by atoms with Gasteiger partial charge in [0, 0.05) is 10.6 Å². The van der Waals surface area contributed by atoms with Gasteiger partial charge in [-0.3, -0.25) is 14.3 Å². The van der Waals surface area contributed by atoms with Crippen LogP contribution in [0.2, 0.25) is 0 Å². The van der Waals surface area contributed by atoms with Gasteiger partial charge in [-0.2, -0.15) is 0 Å². The SMILES string of the molecule is CCCOC(=O)c1ccc(N2C(=O)C(NS(=O)(=O)c3ccc(N)cc3)=C(Sc3ccc(C)cc3)C2=O)cc1. The third kappa shape index (κ3) is 5.74. The van der Waals surface area contributed by atoms with E-state index >= 15 is 0 Å². The van der Waals surface area contributed by atoms with Gasteiger partial charge >= 0.3 is 5.97 Å². The van der Waals surface area contributed by atoms with Crippen LogP contribution in [0.3, 0.4) is 0 Å². The Morgan fingerprint density at radius 2 is 1.58 bits per heavy atom. The third-order valence-corrected chi connectivity index (χ3v) is 7.96. The summed E-state index contributed by atoms with van der Waals surface area (Å²) >= 11 is 0.980. The molecule has 0 saturated carbocycles. The molecule has 1 aliphatic rings. The highest BCUT2D eigenvalue weighted by Crippen LogP contribution is 2.37. The van der Waals surface area contributed by atoms with E-state index in [1.54, 1.807) is 12.1 Å². The van der Waals surface area contributed by atoms with Gasteiger partial charge in [0.15, 0.2) is 0 Å². The zero-order valence-electron chi connectivity index (χ0n) is 20.6. The molecule has 11 heteroatoms. The van der Waals surface area contributed by atoms with Gasteiger partial charge in [0.25, 0.3) is 21.8 Å². The van der Waals surface area contributed by atoms with E-state index in [2.05, 4.69) is 4.72 Å². The van der Waals surface area contributed by atoms with Crippen LogP contribution in [0, 0.1) is 6.92 Å². The van der Waals surface area contributed by atoms with Crippen molar-refractivity contribution in [1.82, 2.24) is 4.72 Å². The molecule has 1 aliphatic heterocycles. The summed E-state index contributed by atoms with van der Waals surface area (Å²) < 4.78 is 33.7. The molecule has 3 aromatic carbocycles.